The summed E-state index contributed by atoms with van der Waals surface area (Å²) in [5.41, 5.74) is 0. The molecule has 0 aromatic rings. The molecule has 4 nitrogen and oxygen atoms in total. The van der Waals surface area contributed by atoms with E-state index in [9.17, 15) is 4.79 Å². The molecule has 0 aromatic carbocycles. The summed E-state index contributed by atoms with van der Waals surface area (Å²) in [5.74, 6) is 0.891. The monoisotopic (exact) mass is 311 g/mol. The third-order valence-electron chi connectivity index (χ3n) is 4.03. The van der Waals surface area contributed by atoms with Crippen molar-refractivity contribution in [1.29, 1.82) is 0 Å². The van der Waals surface area contributed by atoms with Crippen molar-refractivity contribution >= 4 is 30.7 Å². The van der Waals surface area contributed by atoms with Gasteiger partial charge in [0.05, 0.1) is 6.04 Å². The van der Waals surface area contributed by atoms with Gasteiger partial charge in [-0.3, -0.25) is 4.79 Å². The van der Waals surface area contributed by atoms with Gasteiger partial charge >= 0.3 is 0 Å². The summed E-state index contributed by atoms with van der Waals surface area (Å²) in [5, 5.41) is 6.41. The van der Waals surface area contributed by atoms with Crippen molar-refractivity contribution in [2.45, 2.75) is 38.1 Å². The van der Waals surface area contributed by atoms with Gasteiger partial charge in [-0.2, -0.15) is 0 Å². The summed E-state index contributed by atoms with van der Waals surface area (Å²) in [6, 6.07) is 0.0648. The minimum absolute atomic E-state index is 0. The molecule has 0 aromatic heterocycles. The Bertz CT molecular complexity index is 252. The maximum absolute atomic E-state index is 11.9. The lowest BCUT2D eigenvalue weighted by molar-refractivity contribution is -0.123. The van der Waals surface area contributed by atoms with Gasteiger partial charge in [-0.1, -0.05) is 6.42 Å². The van der Waals surface area contributed by atoms with Gasteiger partial charge in [0.2, 0.25) is 5.91 Å². The topological polar surface area (TPSA) is 44.4 Å². The van der Waals surface area contributed by atoms with Crippen LogP contribution in [-0.4, -0.2) is 50.1 Å². The van der Waals surface area contributed by atoms with Gasteiger partial charge in [-0.25, -0.2) is 0 Å². The first kappa shape index (κ1) is 19.0. The second kappa shape index (κ2) is 9.81. The van der Waals surface area contributed by atoms with Gasteiger partial charge in [0.25, 0.3) is 0 Å². The average molecular weight is 312 g/mol. The lowest BCUT2D eigenvalue weighted by atomic mass is 9.97. The number of amides is 1. The van der Waals surface area contributed by atoms with Crippen LogP contribution < -0.4 is 10.6 Å². The van der Waals surface area contributed by atoms with Crippen molar-refractivity contribution in [1.82, 2.24) is 15.5 Å². The summed E-state index contributed by atoms with van der Waals surface area (Å²) in [4.78, 5) is 14.3. The Morgan fingerprint density at radius 2 is 1.89 bits per heavy atom. The first-order valence-corrected chi connectivity index (χ1v) is 6.95. The Kier molecular flexibility index (Phi) is 9.79. The molecule has 0 bridgehead atoms. The molecular weight excluding hydrogens is 285 g/mol. The number of carbonyl (C=O) groups excluding carboxylic acids is 1. The molecule has 19 heavy (non-hydrogen) atoms. The van der Waals surface area contributed by atoms with Crippen LogP contribution in [0.3, 0.4) is 0 Å². The Hall–Kier alpha value is -0.0300. The molecule has 114 valence electrons. The number of nitrogens with one attached hydrogen (secondary N) is 2. The number of hydrogen-bond acceptors (Lipinski definition) is 3. The van der Waals surface area contributed by atoms with Crippen molar-refractivity contribution in [2.75, 3.05) is 33.2 Å². The number of piperidine rings is 2. The van der Waals surface area contributed by atoms with Gasteiger partial charge in [0.1, 0.15) is 0 Å². The van der Waals surface area contributed by atoms with Crippen molar-refractivity contribution in [3.05, 3.63) is 0 Å². The highest BCUT2D eigenvalue weighted by atomic mass is 35.5. The summed E-state index contributed by atoms with van der Waals surface area (Å²) < 4.78 is 0. The van der Waals surface area contributed by atoms with Gasteiger partial charge in [0.15, 0.2) is 0 Å². The molecule has 0 spiro atoms. The van der Waals surface area contributed by atoms with Crippen LogP contribution in [0, 0.1) is 5.92 Å². The Labute approximate surface area is 128 Å². The normalized spacial score (nSPS) is 25.0. The second-order valence-corrected chi connectivity index (χ2v) is 5.49. The van der Waals surface area contributed by atoms with E-state index in [0.29, 0.717) is 5.92 Å². The molecule has 0 unspecified atom stereocenters. The van der Waals surface area contributed by atoms with E-state index < -0.39 is 0 Å². The SMILES string of the molecule is CN1CCC(CNC(=O)[C@H]2CCCCN2)CC1.Cl.Cl. The molecule has 2 heterocycles. The van der Waals surface area contributed by atoms with Crippen LogP contribution in [0.2, 0.25) is 0 Å². The van der Waals surface area contributed by atoms with Crippen molar-refractivity contribution in [3.63, 3.8) is 0 Å². The summed E-state index contributed by atoms with van der Waals surface area (Å²) >= 11 is 0. The third-order valence-corrected chi connectivity index (χ3v) is 4.03. The molecule has 1 atom stereocenters. The maximum atomic E-state index is 11.9. The van der Waals surface area contributed by atoms with Crippen molar-refractivity contribution < 1.29 is 4.79 Å². The molecule has 0 aliphatic carbocycles. The number of carbonyl (C=O) groups is 1. The van der Waals surface area contributed by atoms with Crippen LogP contribution in [0.25, 0.3) is 0 Å². The Morgan fingerprint density at radius 1 is 1.21 bits per heavy atom. The van der Waals surface area contributed by atoms with Crippen molar-refractivity contribution in [2.24, 2.45) is 5.92 Å². The zero-order valence-corrected chi connectivity index (χ0v) is 13.3. The summed E-state index contributed by atoms with van der Waals surface area (Å²) in [7, 11) is 2.17. The fourth-order valence-corrected chi connectivity index (χ4v) is 2.71. The van der Waals surface area contributed by atoms with E-state index in [1.54, 1.807) is 0 Å². The second-order valence-electron chi connectivity index (χ2n) is 5.49. The van der Waals surface area contributed by atoms with Crippen molar-refractivity contribution in [3.8, 4) is 0 Å². The predicted molar refractivity (Wildman–Crippen MR) is 83.4 cm³/mol. The van der Waals surface area contributed by atoms with E-state index >= 15 is 0 Å². The van der Waals surface area contributed by atoms with Gasteiger partial charge in [0, 0.05) is 6.54 Å². The molecule has 2 aliphatic heterocycles. The quantitative estimate of drug-likeness (QED) is 0.829. The van der Waals surface area contributed by atoms with Crippen LogP contribution in [0.1, 0.15) is 32.1 Å². The smallest absolute Gasteiger partial charge is 0.237 e. The highest BCUT2D eigenvalue weighted by molar-refractivity contribution is 5.85. The Morgan fingerprint density at radius 3 is 2.47 bits per heavy atom. The lowest BCUT2D eigenvalue weighted by Crippen LogP contribution is -2.48. The molecule has 2 fully saturated rings. The average Bonchev–Trinajstić information content (AvgIpc) is 2.39. The van der Waals surface area contributed by atoms with Crippen LogP contribution in [-0.2, 0) is 4.79 Å². The summed E-state index contributed by atoms with van der Waals surface area (Å²) in [6.45, 7) is 4.20. The number of likely N-dealkylation sites (tertiary alicyclic amines) is 1. The highest BCUT2D eigenvalue weighted by Crippen LogP contribution is 2.15. The molecule has 0 radical (unpaired) electrons. The first-order chi connectivity index (χ1) is 8.25. The molecule has 2 aliphatic rings. The van der Waals surface area contributed by atoms with E-state index in [1.165, 1.54) is 38.8 Å². The van der Waals surface area contributed by atoms with Gasteiger partial charge < -0.3 is 15.5 Å². The largest absolute Gasteiger partial charge is 0.354 e. The fraction of sp³-hybridized carbons (Fsp3) is 0.923. The molecular formula is C13H27Cl2N3O. The number of nitrogens with zero attached hydrogens (tertiary/aromatic N) is 1. The number of halogens is 2. The summed E-state index contributed by atoms with van der Waals surface area (Å²) in [6.07, 6.45) is 5.82. The van der Waals surface area contributed by atoms with E-state index in [4.69, 9.17) is 0 Å². The molecule has 2 N–H and O–H groups in total. The molecule has 6 heteroatoms. The van der Waals surface area contributed by atoms with Crippen LogP contribution in [0.4, 0.5) is 0 Å². The van der Waals surface area contributed by atoms with E-state index in [0.717, 1.165) is 19.5 Å². The van der Waals surface area contributed by atoms with Gasteiger partial charge in [-0.05, 0) is 58.3 Å². The minimum Gasteiger partial charge on any atom is -0.354 e. The molecule has 1 amide bonds. The zero-order chi connectivity index (χ0) is 12.1. The predicted octanol–water partition coefficient (Wildman–Crippen LogP) is 1.43. The van der Waals surface area contributed by atoms with E-state index in [2.05, 4.69) is 22.6 Å². The third kappa shape index (κ3) is 6.30. The number of hydrogen-bond donors (Lipinski definition) is 2. The zero-order valence-electron chi connectivity index (χ0n) is 11.7. The van der Waals surface area contributed by atoms with Gasteiger partial charge in [-0.15, -0.1) is 24.8 Å². The lowest BCUT2D eigenvalue weighted by Gasteiger charge is -2.30. The van der Waals surface area contributed by atoms with E-state index in [1.807, 2.05) is 0 Å². The highest BCUT2D eigenvalue weighted by Gasteiger charge is 2.22. The van der Waals surface area contributed by atoms with Crippen LogP contribution in [0.5, 0.6) is 0 Å². The minimum atomic E-state index is 0. The number of rotatable bonds is 3. The molecule has 2 saturated heterocycles. The first-order valence-electron chi connectivity index (χ1n) is 6.95. The Balaban J connectivity index is 0.00000162. The van der Waals surface area contributed by atoms with E-state index in [-0.39, 0.29) is 36.8 Å². The van der Waals surface area contributed by atoms with Crippen LogP contribution in [0.15, 0.2) is 0 Å². The standard InChI is InChI=1S/C13H25N3O.2ClH/c1-16-8-5-11(6-9-16)10-15-13(17)12-4-2-3-7-14-12;;/h11-12,14H,2-10H2,1H3,(H,15,17);2*1H/t12-;;/m1../s1. The van der Waals surface area contributed by atoms with Crippen LogP contribution >= 0.6 is 24.8 Å². The molecule has 2 rings (SSSR count). The fourth-order valence-electron chi connectivity index (χ4n) is 2.71. The molecule has 0 saturated carbocycles. The maximum Gasteiger partial charge on any atom is 0.237 e.